The minimum Gasteiger partial charge on any atom is -0.496 e. The van der Waals surface area contributed by atoms with Crippen molar-refractivity contribution in [2.45, 2.75) is 56.9 Å². The summed E-state index contributed by atoms with van der Waals surface area (Å²) >= 11 is 0. The summed E-state index contributed by atoms with van der Waals surface area (Å²) in [5.41, 5.74) is 1.25. The Labute approximate surface area is 138 Å². The van der Waals surface area contributed by atoms with Crippen molar-refractivity contribution in [3.05, 3.63) is 29.8 Å². The lowest BCUT2D eigenvalue weighted by atomic mass is 9.53. The van der Waals surface area contributed by atoms with E-state index in [0.717, 1.165) is 35.5 Å². The molecule has 0 radical (unpaired) electrons. The van der Waals surface area contributed by atoms with Crippen LogP contribution in [0.1, 0.15) is 50.5 Å². The Morgan fingerprint density at radius 1 is 1.13 bits per heavy atom. The van der Waals surface area contributed by atoms with Crippen LogP contribution in [-0.4, -0.2) is 18.6 Å². The summed E-state index contributed by atoms with van der Waals surface area (Å²) in [7, 11) is 1.69. The van der Waals surface area contributed by atoms with Gasteiger partial charge in [-0.15, -0.1) is 0 Å². The molecule has 0 saturated heterocycles. The molecule has 5 rings (SSSR count). The van der Waals surface area contributed by atoms with Crippen molar-refractivity contribution in [3.63, 3.8) is 0 Å². The zero-order valence-electron chi connectivity index (χ0n) is 14.0. The molecule has 1 amide bonds. The lowest BCUT2D eigenvalue weighted by Crippen LogP contribution is -2.59. The molecule has 4 aliphatic carbocycles. The molecule has 4 aliphatic rings. The molecule has 4 saturated carbocycles. The molecular weight excluding hydrogens is 286 g/mol. The van der Waals surface area contributed by atoms with Gasteiger partial charge in [0.05, 0.1) is 7.11 Å². The van der Waals surface area contributed by atoms with Crippen LogP contribution < -0.4 is 10.1 Å². The third-order valence-electron chi connectivity index (χ3n) is 6.26. The fourth-order valence-corrected chi connectivity index (χ4v) is 5.78. The van der Waals surface area contributed by atoms with Gasteiger partial charge in [-0.2, -0.15) is 0 Å². The fourth-order valence-electron chi connectivity index (χ4n) is 5.78. The summed E-state index contributed by atoms with van der Waals surface area (Å²) in [5.74, 6) is 3.72. The maximum atomic E-state index is 12.5. The third-order valence-corrected chi connectivity index (χ3v) is 6.26. The Balaban J connectivity index is 1.37. The number of carbonyl (C=O) groups is 1. The smallest absolute Gasteiger partial charge is 0.220 e. The van der Waals surface area contributed by atoms with Gasteiger partial charge in [-0.3, -0.25) is 4.79 Å². The number of aryl methyl sites for hydroxylation is 1. The van der Waals surface area contributed by atoms with Gasteiger partial charge in [0, 0.05) is 12.0 Å². The molecule has 23 heavy (non-hydrogen) atoms. The summed E-state index contributed by atoms with van der Waals surface area (Å²) < 4.78 is 5.38. The van der Waals surface area contributed by atoms with Crippen LogP contribution >= 0.6 is 0 Å². The molecular formula is C20H27NO2. The number of ether oxygens (including phenoxy) is 1. The molecule has 4 bridgehead atoms. The minimum atomic E-state index is 0.132. The first-order valence-corrected chi connectivity index (χ1v) is 9.09. The van der Waals surface area contributed by atoms with E-state index in [1.807, 2.05) is 18.2 Å². The van der Waals surface area contributed by atoms with Gasteiger partial charge in [-0.1, -0.05) is 18.2 Å². The Kier molecular flexibility index (Phi) is 3.82. The largest absolute Gasteiger partial charge is 0.496 e. The number of carbonyl (C=O) groups excluding carboxylic acids is 1. The van der Waals surface area contributed by atoms with Gasteiger partial charge < -0.3 is 10.1 Å². The highest BCUT2D eigenvalue weighted by Gasteiger charge is 2.51. The van der Waals surface area contributed by atoms with Gasteiger partial charge in [-0.05, 0) is 74.3 Å². The van der Waals surface area contributed by atoms with Gasteiger partial charge in [0.2, 0.25) is 5.91 Å². The monoisotopic (exact) mass is 313 g/mol. The lowest BCUT2D eigenvalue weighted by molar-refractivity contribution is -0.126. The molecule has 3 heteroatoms. The molecule has 1 aromatic carbocycles. The number of rotatable bonds is 5. The predicted octanol–water partition coefficient (Wildman–Crippen LogP) is 3.71. The molecule has 0 spiro atoms. The van der Waals surface area contributed by atoms with Gasteiger partial charge in [0.1, 0.15) is 5.75 Å². The number of benzene rings is 1. The van der Waals surface area contributed by atoms with E-state index >= 15 is 0 Å². The first-order valence-electron chi connectivity index (χ1n) is 9.09. The van der Waals surface area contributed by atoms with Crippen molar-refractivity contribution in [1.29, 1.82) is 0 Å². The van der Waals surface area contributed by atoms with Crippen molar-refractivity contribution in [1.82, 2.24) is 5.32 Å². The average molecular weight is 313 g/mol. The summed E-state index contributed by atoms with van der Waals surface area (Å²) in [6, 6.07) is 8.00. The van der Waals surface area contributed by atoms with E-state index in [9.17, 15) is 4.79 Å². The lowest BCUT2D eigenvalue weighted by Gasteiger charge is -2.56. The molecule has 1 N–H and O–H groups in total. The zero-order chi connectivity index (χ0) is 15.9. The van der Waals surface area contributed by atoms with Crippen LogP contribution in [0.2, 0.25) is 0 Å². The van der Waals surface area contributed by atoms with Crippen LogP contribution in [0.3, 0.4) is 0 Å². The second-order valence-electron chi connectivity index (χ2n) is 8.06. The quantitative estimate of drug-likeness (QED) is 0.900. The van der Waals surface area contributed by atoms with E-state index < -0.39 is 0 Å². The molecule has 124 valence electrons. The van der Waals surface area contributed by atoms with E-state index in [1.165, 1.54) is 38.5 Å². The maximum Gasteiger partial charge on any atom is 0.220 e. The maximum absolute atomic E-state index is 12.5. The van der Waals surface area contributed by atoms with E-state index in [0.29, 0.717) is 6.42 Å². The van der Waals surface area contributed by atoms with Gasteiger partial charge in [0.15, 0.2) is 0 Å². The van der Waals surface area contributed by atoms with Crippen LogP contribution in [0.15, 0.2) is 24.3 Å². The Morgan fingerprint density at radius 2 is 1.74 bits per heavy atom. The molecule has 0 heterocycles. The molecule has 0 aliphatic heterocycles. The summed E-state index contributed by atoms with van der Waals surface area (Å²) in [6.45, 7) is 0. The van der Waals surface area contributed by atoms with Gasteiger partial charge in [-0.25, -0.2) is 0 Å². The minimum absolute atomic E-state index is 0.132. The number of nitrogens with one attached hydrogen (secondary N) is 1. The van der Waals surface area contributed by atoms with Crippen molar-refractivity contribution < 1.29 is 9.53 Å². The van der Waals surface area contributed by atoms with Gasteiger partial charge in [0.25, 0.3) is 0 Å². The summed E-state index contributed by atoms with van der Waals surface area (Å²) in [6.07, 6.45) is 9.21. The number of para-hydroxylation sites is 1. The molecule has 0 aromatic heterocycles. The Hall–Kier alpha value is -1.51. The highest BCUT2D eigenvalue weighted by Crippen LogP contribution is 2.55. The predicted molar refractivity (Wildman–Crippen MR) is 90.4 cm³/mol. The van der Waals surface area contributed by atoms with Crippen molar-refractivity contribution in [3.8, 4) is 5.75 Å². The summed E-state index contributed by atoms with van der Waals surface area (Å²) in [5, 5.41) is 3.45. The Bertz CT molecular complexity index is 560. The highest BCUT2D eigenvalue weighted by molar-refractivity contribution is 5.77. The molecule has 4 fully saturated rings. The standard InChI is InChI=1S/C20H27NO2/c1-23-18-5-3-2-4-17(18)6-7-19(22)21-20-11-14-8-15(12-20)10-16(9-14)13-20/h2-5,14-16H,6-13H2,1H3,(H,21,22). The second-order valence-corrected chi connectivity index (χ2v) is 8.06. The fraction of sp³-hybridized carbons (Fsp3) is 0.650. The highest BCUT2D eigenvalue weighted by atomic mass is 16.5. The van der Waals surface area contributed by atoms with Crippen LogP contribution in [0.4, 0.5) is 0 Å². The van der Waals surface area contributed by atoms with Crippen LogP contribution in [0, 0.1) is 17.8 Å². The first-order chi connectivity index (χ1) is 11.2. The Morgan fingerprint density at radius 3 is 2.35 bits per heavy atom. The average Bonchev–Trinajstić information content (AvgIpc) is 2.51. The number of amides is 1. The van der Waals surface area contributed by atoms with Crippen LogP contribution in [-0.2, 0) is 11.2 Å². The van der Waals surface area contributed by atoms with Crippen LogP contribution in [0.5, 0.6) is 5.75 Å². The topological polar surface area (TPSA) is 38.3 Å². The molecule has 1 aromatic rings. The van der Waals surface area contributed by atoms with Crippen molar-refractivity contribution in [2.75, 3.05) is 7.11 Å². The van der Waals surface area contributed by atoms with E-state index in [2.05, 4.69) is 11.4 Å². The molecule has 3 nitrogen and oxygen atoms in total. The number of hydrogen-bond donors (Lipinski definition) is 1. The molecule has 0 atom stereocenters. The third kappa shape index (κ3) is 2.98. The normalized spacial score (nSPS) is 34.4. The number of methoxy groups -OCH3 is 1. The SMILES string of the molecule is COc1ccccc1CCC(=O)NC12CC3CC(CC(C3)C1)C2. The van der Waals surface area contributed by atoms with Crippen molar-refractivity contribution in [2.24, 2.45) is 17.8 Å². The first kappa shape index (κ1) is 15.0. The zero-order valence-corrected chi connectivity index (χ0v) is 14.0. The number of hydrogen-bond acceptors (Lipinski definition) is 2. The van der Waals surface area contributed by atoms with Gasteiger partial charge >= 0.3 is 0 Å². The van der Waals surface area contributed by atoms with E-state index in [1.54, 1.807) is 7.11 Å². The summed E-state index contributed by atoms with van der Waals surface area (Å²) in [4.78, 5) is 12.5. The molecule has 0 unspecified atom stereocenters. The van der Waals surface area contributed by atoms with E-state index in [4.69, 9.17) is 4.74 Å². The second kappa shape index (κ2) is 5.85. The van der Waals surface area contributed by atoms with E-state index in [-0.39, 0.29) is 11.4 Å². The van der Waals surface area contributed by atoms with Crippen LogP contribution in [0.25, 0.3) is 0 Å². The van der Waals surface area contributed by atoms with Crippen molar-refractivity contribution >= 4 is 5.91 Å².